The minimum Gasteiger partial charge on any atom is -0.461 e. The molecule has 2 heterocycles. The van der Waals surface area contributed by atoms with Crippen molar-refractivity contribution in [1.29, 1.82) is 0 Å². The Morgan fingerprint density at radius 3 is 2.62 bits per heavy atom. The van der Waals surface area contributed by atoms with Gasteiger partial charge in [-0.25, -0.2) is 14.4 Å². The second-order valence-corrected chi connectivity index (χ2v) is 8.47. The molecular formula is C23H29N3O8. The van der Waals surface area contributed by atoms with Crippen LogP contribution in [-0.2, 0) is 25.6 Å². The monoisotopic (exact) mass is 475 g/mol. The first kappa shape index (κ1) is 25.2. The molecule has 1 amide bonds. The summed E-state index contributed by atoms with van der Waals surface area (Å²) in [5.74, 6) is -0.996. The molecule has 0 unspecified atom stereocenters. The smallest absolute Gasteiger partial charge is 0.408 e. The summed E-state index contributed by atoms with van der Waals surface area (Å²) in [6, 6.07) is 8.14. The minimum atomic E-state index is -1.00. The maximum absolute atomic E-state index is 12.6. The lowest BCUT2D eigenvalue weighted by Crippen LogP contribution is -2.46. The number of aryl methyl sites for hydroxylation is 1. The fourth-order valence-corrected chi connectivity index (χ4v) is 3.48. The maximum atomic E-state index is 12.6. The molecule has 0 aliphatic carbocycles. The summed E-state index contributed by atoms with van der Waals surface area (Å²) in [6.45, 7) is 4.80. The standard InChI is InChI=1S/C23H29N3O8/c1-13(2)19(24-23(31)33-11-15-7-5-4-6-8-15)21(29)32-12-17-16(27)9-18(34-17)26-10-14(3)20(28)25-22(26)30/h4-8,10,13,16-19,27H,9,11-12H2,1-3H3,(H,24,31)(H,25,28,30)/t16-,17+,18+,19-/m0/s1. The lowest BCUT2D eigenvalue weighted by Gasteiger charge is -2.22. The highest BCUT2D eigenvalue weighted by molar-refractivity contribution is 5.81. The molecule has 2 aromatic rings. The average molecular weight is 475 g/mol. The van der Waals surface area contributed by atoms with Gasteiger partial charge in [0.05, 0.1) is 6.10 Å². The van der Waals surface area contributed by atoms with E-state index in [9.17, 15) is 24.3 Å². The third-order valence-electron chi connectivity index (χ3n) is 5.46. The van der Waals surface area contributed by atoms with E-state index in [2.05, 4.69) is 10.3 Å². The number of H-pyrrole nitrogens is 1. The molecular weight excluding hydrogens is 446 g/mol. The van der Waals surface area contributed by atoms with Crippen molar-refractivity contribution in [3.8, 4) is 0 Å². The lowest BCUT2D eigenvalue weighted by molar-refractivity contribution is -0.153. The molecule has 3 rings (SSSR count). The van der Waals surface area contributed by atoms with E-state index in [0.29, 0.717) is 5.56 Å². The quantitative estimate of drug-likeness (QED) is 0.479. The van der Waals surface area contributed by atoms with Gasteiger partial charge in [-0.05, 0) is 18.4 Å². The minimum absolute atomic E-state index is 0.0552. The van der Waals surface area contributed by atoms with Gasteiger partial charge in [-0.2, -0.15) is 0 Å². The molecule has 1 aromatic heterocycles. The molecule has 11 heteroatoms. The number of esters is 1. The van der Waals surface area contributed by atoms with Crippen LogP contribution in [0.3, 0.4) is 0 Å². The van der Waals surface area contributed by atoms with Crippen LogP contribution in [0.15, 0.2) is 46.1 Å². The molecule has 0 bridgehead atoms. The summed E-state index contributed by atoms with van der Waals surface area (Å²) in [7, 11) is 0. The van der Waals surface area contributed by atoms with E-state index >= 15 is 0 Å². The molecule has 0 spiro atoms. The van der Waals surface area contributed by atoms with Gasteiger partial charge in [-0.3, -0.25) is 14.3 Å². The zero-order valence-electron chi connectivity index (χ0n) is 19.2. The van der Waals surface area contributed by atoms with Crippen LogP contribution in [0.25, 0.3) is 0 Å². The number of aromatic nitrogens is 2. The van der Waals surface area contributed by atoms with E-state index < -0.39 is 47.8 Å². The average Bonchev–Trinajstić information content (AvgIpc) is 3.17. The second-order valence-electron chi connectivity index (χ2n) is 8.47. The largest absolute Gasteiger partial charge is 0.461 e. The molecule has 11 nitrogen and oxygen atoms in total. The van der Waals surface area contributed by atoms with Crippen molar-refractivity contribution in [3.63, 3.8) is 0 Å². The Labute approximate surface area is 195 Å². The summed E-state index contributed by atoms with van der Waals surface area (Å²) in [6.07, 6.45) is -2.04. The van der Waals surface area contributed by atoms with Gasteiger partial charge in [0.2, 0.25) is 0 Å². The highest BCUT2D eigenvalue weighted by Gasteiger charge is 2.37. The van der Waals surface area contributed by atoms with Crippen LogP contribution >= 0.6 is 0 Å². The first-order valence-electron chi connectivity index (χ1n) is 10.9. The Morgan fingerprint density at radius 1 is 1.24 bits per heavy atom. The van der Waals surface area contributed by atoms with Crippen molar-refractivity contribution < 1.29 is 28.9 Å². The maximum Gasteiger partial charge on any atom is 0.408 e. The number of ether oxygens (including phenoxy) is 3. The first-order valence-corrected chi connectivity index (χ1v) is 10.9. The molecule has 184 valence electrons. The van der Waals surface area contributed by atoms with Gasteiger partial charge in [-0.1, -0.05) is 44.2 Å². The van der Waals surface area contributed by atoms with Crippen molar-refractivity contribution >= 4 is 12.1 Å². The Kier molecular flexibility index (Phi) is 8.24. The number of alkyl carbamates (subject to hydrolysis) is 1. The van der Waals surface area contributed by atoms with Gasteiger partial charge in [0.15, 0.2) is 0 Å². The van der Waals surface area contributed by atoms with Gasteiger partial charge in [0, 0.05) is 18.2 Å². The van der Waals surface area contributed by atoms with Gasteiger partial charge in [0.25, 0.3) is 5.56 Å². The van der Waals surface area contributed by atoms with Gasteiger partial charge >= 0.3 is 17.8 Å². The number of carbonyl (C=O) groups is 2. The highest BCUT2D eigenvalue weighted by Crippen LogP contribution is 2.28. The fourth-order valence-electron chi connectivity index (χ4n) is 3.48. The van der Waals surface area contributed by atoms with E-state index in [0.717, 1.165) is 5.56 Å². The SMILES string of the molecule is Cc1cn([C@H]2C[C@H](O)[C@@H](COC(=O)[C@@H](NC(=O)OCc3ccccc3)C(C)C)O2)c(=O)[nH]c1=O. The van der Waals surface area contributed by atoms with Crippen LogP contribution in [0.5, 0.6) is 0 Å². The Bertz CT molecular complexity index is 1110. The Balaban J connectivity index is 1.54. The number of nitrogens with zero attached hydrogens (tertiary/aromatic N) is 1. The molecule has 0 saturated carbocycles. The second kappa shape index (κ2) is 11.1. The number of rotatable bonds is 8. The van der Waals surface area contributed by atoms with E-state index in [-0.39, 0.29) is 25.6 Å². The van der Waals surface area contributed by atoms with Crippen molar-refractivity contribution in [2.45, 2.75) is 58.3 Å². The van der Waals surface area contributed by atoms with Gasteiger partial charge < -0.3 is 24.6 Å². The van der Waals surface area contributed by atoms with Crippen LogP contribution in [0.2, 0.25) is 0 Å². The molecule has 1 aliphatic heterocycles. The number of hydrogen-bond donors (Lipinski definition) is 3. The number of hydrogen-bond acceptors (Lipinski definition) is 8. The van der Waals surface area contributed by atoms with Gasteiger partial charge in [-0.15, -0.1) is 0 Å². The zero-order chi connectivity index (χ0) is 24.8. The van der Waals surface area contributed by atoms with Gasteiger partial charge in [0.1, 0.15) is 31.6 Å². The number of benzene rings is 1. The lowest BCUT2D eigenvalue weighted by atomic mass is 10.1. The topological polar surface area (TPSA) is 149 Å². The third kappa shape index (κ3) is 6.33. The van der Waals surface area contributed by atoms with Crippen molar-refractivity contribution in [2.75, 3.05) is 6.61 Å². The summed E-state index contributed by atoms with van der Waals surface area (Å²) in [5, 5.41) is 12.8. The normalized spacial score (nSPS) is 20.7. The number of aliphatic hydroxyl groups excluding tert-OH is 1. The molecule has 1 aliphatic rings. The van der Waals surface area contributed by atoms with Crippen LogP contribution in [0.1, 0.15) is 37.6 Å². The van der Waals surface area contributed by atoms with E-state index in [4.69, 9.17) is 14.2 Å². The molecule has 1 fully saturated rings. The molecule has 34 heavy (non-hydrogen) atoms. The van der Waals surface area contributed by atoms with E-state index in [1.54, 1.807) is 20.8 Å². The summed E-state index contributed by atoms with van der Waals surface area (Å²) in [4.78, 5) is 50.6. The number of amides is 1. The number of nitrogens with one attached hydrogen (secondary N) is 2. The summed E-state index contributed by atoms with van der Waals surface area (Å²) < 4.78 is 17.3. The van der Waals surface area contributed by atoms with Crippen LogP contribution in [0.4, 0.5) is 4.79 Å². The molecule has 3 N–H and O–H groups in total. The van der Waals surface area contributed by atoms with E-state index in [1.165, 1.54) is 10.8 Å². The molecule has 1 saturated heterocycles. The van der Waals surface area contributed by atoms with Crippen molar-refractivity contribution in [2.24, 2.45) is 5.92 Å². The Morgan fingerprint density at radius 2 is 1.94 bits per heavy atom. The number of aliphatic hydroxyl groups is 1. The molecule has 0 radical (unpaired) electrons. The summed E-state index contributed by atoms with van der Waals surface area (Å²) in [5.41, 5.74) is -0.0408. The van der Waals surface area contributed by atoms with E-state index in [1.807, 2.05) is 30.3 Å². The van der Waals surface area contributed by atoms with Crippen LogP contribution in [0, 0.1) is 12.8 Å². The Hall–Kier alpha value is -3.44. The number of carbonyl (C=O) groups excluding carboxylic acids is 2. The number of aromatic amines is 1. The van der Waals surface area contributed by atoms with Crippen molar-refractivity contribution in [1.82, 2.24) is 14.9 Å². The zero-order valence-corrected chi connectivity index (χ0v) is 19.2. The first-order chi connectivity index (χ1) is 16.2. The summed E-state index contributed by atoms with van der Waals surface area (Å²) >= 11 is 0. The molecule has 1 aromatic carbocycles. The highest BCUT2D eigenvalue weighted by atomic mass is 16.6. The third-order valence-corrected chi connectivity index (χ3v) is 5.46. The fraction of sp³-hybridized carbons (Fsp3) is 0.478. The predicted octanol–water partition coefficient (Wildman–Crippen LogP) is 0.988. The molecule has 4 atom stereocenters. The van der Waals surface area contributed by atoms with Crippen LogP contribution < -0.4 is 16.6 Å². The predicted molar refractivity (Wildman–Crippen MR) is 120 cm³/mol. The van der Waals surface area contributed by atoms with Crippen molar-refractivity contribution in [3.05, 3.63) is 68.5 Å². The van der Waals surface area contributed by atoms with Crippen LogP contribution in [-0.4, -0.2) is 51.6 Å².